The first-order valence-electron chi connectivity index (χ1n) is 10.9. The van der Waals surface area contributed by atoms with Crippen LogP contribution in [0.4, 0.5) is 5.82 Å². The fourth-order valence-electron chi connectivity index (χ4n) is 4.00. The van der Waals surface area contributed by atoms with Crippen LogP contribution in [0.3, 0.4) is 0 Å². The average molecular weight is 454 g/mol. The van der Waals surface area contributed by atoms with Crippen molar-refractivity contribution in [1.82, 2.24) is 14.8 Å². The number of nitrogens with zero attached hydrogens (tertiary/aromatic N) is 3. The molecule has 3 aromatic heterocycles. The maximum Gasteiger partial charge on any atom is 0.343 e. The zero-order valence-electron chi connectivity index (χ0n) is 19.0. The lowest BCUT2D eigenvalue weighted by molar-refractivity contribution is 0.0527. The highest BCUT2D eigenvalue weighted by Crippen LogP contribution is 2.28. The zero-order valence-corrected chi connectivity index (χ0v) is 19.0. The van der Waals surface area contributed by atoms with E-state index in [4.69, 9.17) is 14.1 Å². The summed E-state index contributed by atoms with van der Waals surface area (Å²) >= 11 is 0. The van der Waals surface area contributed by atoms with Crippen LogP contribution < -0.4 is 5.32 Å². The number of furan rings is 1. The normalized spacial score (nSPS) is 11.1. The first-order valence-corrected chi connectivity index (χ1v) is 10.9. The number of carbonyl (C=O) groups is 2. The fraction of sp³-hybridized carbons (Fsp3) is 0.154. The van der Waals surface area contributed by atoms with Crippen molar-refractivity contribution < 1.29 is 18.7 Å². The van der Waals surface area contributed by atoms with Gasteiger partial charge in [-0.05, 0) is 44.5 Å². The number of pyridine rings is 1. The van der Waals surface area contributed by atoms with E-state index in [1.54, 1.807) is 13.0 Å². The number of carbonyl (C=O) groups excluding carboxylic acids is 2. The third kappa shape index (κ3) is 3.59. The van der Waals surface area contributed by atoms with Crippen LogP contribution in [0.25, 0.3) is 27.7 Å². The summed E-state index contributed by atoms with van der Waals surface area (Å²) in [6, 6.07) is 17.0. The summed E-state index contributed by atoms with van der Waals surface area (Å²) < 4.78 is 12.4. The van der Waals surface area contributed by atoms with E-state index in [1.807, 2.05) is 62.4 Å². The van der Waals surface area contributed by atoms with Crippen molar-refractivity contribution in [3.8, 4) is 5.82 Å². The topological polar surface area (TPSA) is 99.2 Å². The Balaban J connectivity index is 1.61. The number of nitrogens with one attached hydrogen (secondary N) is 1. The monoisotopic (exact) mass is 454 g/mol. The number of amides is 1. The van der Waals surface area contributed by atoms with Gasteiger partial charge in [0.15, 0.2) is 17.4 Å². The minimum absolute atomic E-state index is 0.122. The van der Waals surface area contributed by atoms with E-state index >= 15 is 0 Å². The van der Waals surface area contributed by atoms with Crippen molar-refractivity contribution in [2.75, 3.05) is 11.9 Å². The van der Waals surface area contributed by atoms with Gasteiger partial charge in [0.2, 0.25) is 0 Å². The second-order valence-corrected chi connectivity index (χ2v) is 7.86. The molecule has 0 aliphatic heterocycles. The van der Waals surface area contributed by atoms with Crippen LogP contribution in [-0.4, -0.2) is 33.2 Å². The number of fused-ring (bicyclic) bond motifs is 2. The number of esters is 1. The molecule has 0 aliphatic carbocycles. The predicted molar refractivity (Wildman–Crippen MR) is 128 cm³/mol. The number of hydrogen-bond acceptors (Lipinski definition) is 6. The first-order chi connectivity index (χ1) is 16.5. The smallest absolute Gasteiger partial charge is 0.343 e. The number of para-hydroxylation sites is 2. The molecule has 1 amide bonds. The molecule has 0 unspecified atom stereocenters. The number of aryl methyl sites for hydroxylation is 2. The number of aromatic nitrogens is 3. The predicted octanol–water partition coefficient (Wildman–Crippen LogP) is 5.21. The van der Waals surface area contributed by atoms with Crippen LogP contribution in [0.15, 0.2) is 65.2 Å². The molecule has 5 aromatic rings. The van der Waals surface area contributed by atoms with Gasteiger partial charge in [0, 0.05) is 16.3 Å². The van der Waals surface area contributed by atoms with Crippen molar-refractivity contribution in [2.24, 2.45) is 0 Å². The van der Waals surface area contributed by atoms with E-state index in [2.05, 4.69) is 10.4 Å². The molecule has 1 N–H and O–H groups in total. The van der Waals surface area contributed by atoms with Gasteiger partial charge in [-0.15, -0.1) is 0 Å². The highest BCUT2D eigenvalue weighted by Gasteiger charge is 2.25. The zero-order chi connectivity index (χ0) is 23.8. The molecule has 170 valence electrons. The summed E-state index contributed by atoms with van der Waals surface area (Å²) in [5, 5.41) is 9.02. The number of hydrogen-bond donors (Lipinski definition) is 1. The van der Waals surface area contributed by atoms with Crippen LogP contribution >= 0.6 is 0 Å². The van der Waals surface area contributed by atoms with Crippen LogP contribution in [0, 0.1) is 13.8 Å². The summed E-state index contributed by atoms with van der Waals surface area (Å²) in [5.41, 5.74) is 3.19. The quantitative estimate of drug-likeness (QED) is 0.366. The Labute approximate surface area is 195 Å². The maximum atomic E-state index is 13.3. The van der Waals surface area contributed by atoms with Crippen molar-refractivity contribution in [3.63, 3.8) is 0 Å². The van der Waals surface area contributed by atoms with E-state index in [0.29, 0.717) is 17.0 Å². The van der Waals surface area contributed by atoms with Gasteiger partial charge < -0.3 is 14.5 Å². The van der Waals surface area contributed by atoms with E-state index in [0.717, 1.165) is 21.9 Å². The van der Waals surface area contributed by atoms with Crippen LogP contribution in [0.1, 0.15) is 39.0 Å². The molecule has 0 atom stereocenters. The molecule has 34 heavy (non-hydrogen) atoms. The second kappa shape index (κ2) is 8.47. The van der Waals surface area contributed by atoms with Gasteiger partial charge in [0.1, 0.15) is 11.1 Å². The number of rotatable bonds is 5. The second-order valence-electron chi connectivity index (χ2n) is 7.86. The molecule has 0 bridgehead atoms. The highest BCUT2D eigenvalue weighted by atomic mass is 16.5. The molecule has 2 aromatic carbocycles. The van der Waals surface area contributed by atoms with Crippen molar-refractivity contribution in [1.29, 1.82) is 0 Å². The van der Waals surface area contributed by atoms with E-state index in [1.165, 1.54) is 10.9 Å². The van der Waals surface area contributed by atoms with Crippen molar-refractivity contribution in [2.45, 2.75) is 20.8 Å². The summed E-state index contributed by atoms with van der Waals surface area (Å²) in [4.78, 5) is 30.6. The first kappa shape index (κ1) is 21.4. The van der Waals surface area contributed by atoms with Crippen LogP contribution in [0.2, 0.25) is 0 Å². The Kier molecular flexibility index (Phi) is 5.33. The molecular formula is C26H22N4O4. The van der Waals surface area contributed by atoms with Crippen LogP contribution in [-0.2, 0) is 4.74 Å². The molecule has 0 spiro atoms. The van der Waals surface area contributed by atoms with Crippen molar-refractivity contribution in [3.05, 3.63) is 83.2 Å². The third-order valence-corrected chi connectivity index (χ3v) is 5.67. The minimum atomic E-state index is -0.595. The van der Waals surface area contributed by atoms with Gasteiger partial charge in [0.05, 0.1) is 18.3 Å². The molecule has 8 nitrogen and oxygen atoms in total. The summed E-state index contributed by atoms with van der Waals surface area (Å²) in [6.07, 6.45) is 1.37. The van der Waals surface area contributed by atoms with Gasteiger partial charge in [-0.3, -0.25) is 4.79 Å². The molecule has 0 saturated carbocycles. The van der Waals surface area contributed by atoms with E-state index < -0.39 is 11.9 Å². The average Bonchev–Trinajstić information content (AvgIpc) is 3.40. The standard InChI is InChI=1S/C26H22N4O4/c1-4-33-26(32)19-14-27-30(22-13-15(2)17-9-5-7-11-20(17)28-22)24(19)29-25(31)23-16(3)18-10-6-8-12-21(18)34-23/h5-14H,4H2,1-3H3,(H,29,31). The maximum absolute atomic E-state index is 13.3. The van der Waals surface area contributed by atoms with Gasteiger partial charge in [0.25, 0.3) is 5.91 Å². The molecule has 3 heterocycles. The third-order valence-electron chi connectivity index (χ3n) is 5.67. The Morgan fingerprint density at radius 1 is 1.06 bits per heavy atom. The van der Waals surface area contributed by atoms with Gasteiger partial charge in [-0.25, -0.2) is 9.78 Å². The fourth-order valence-corrected chi connectivity index (χ4v) is 4.00. The van der Waals surface area contributed by atoms with Gasteiger partial charge in [-0.2, -0.15) is 9.78 Å². The van der Waals surface area contributed by atoms with Crippen LogP contribution in [0.5, 0.6) is 0 Å². The number of benzene rings is 2. The summed E-state index contributed by atoms with van der Waals surface area (Å²) in [6.45, 7) is 5.69. The molecule has 0 aliphatic rings. The molecule has 0 fully saturated rings. The Morgan fingerprint density at radius 3 is 2.56 bits per heavy atom. The highest BCUT2D eigenvalue weighted by molar-refractivity contribution is 6.09. The van der Waals surface area contributed by atoms with Gasteiger partial charge in [-0.1, -0.05) is 36.4 Å². The summed E-state index contributed by atoms with van der Waals surface area (Å²) in [5.74, 6) is -0.318. The largest absolute Gasteiger partial charge is 0.462 e. The molecule has 0 saturated heterocycles. The van der Waals surface area contributed by atoms with Crippen molar-refractivity contribution >= 4 is 39.6 Å². The molecule has 8 heteroatoms. The molecular weight excluding hydrogens is 432 g/mol. The Hall–Kier alpha value is -4.46. The lowest BCUT2D eigenvalue weighted by atomic mass is 10.1. The Bertz CT molecular complexity index is 1560. The Morgan fingerprint density at radius 2 is 1.79 bits per heavy atom. The van der Waals surface area contributed by atoms with Gasteiger partial charge >= 0.3 is 5.97 Å². The van der Waals surface area contributed by atoms with E-state index in [-0.39, 0.29) is 23.7 Å². The lowest BCUT2D eigenvalue weighted by Gasteiger charge is -2.12. The summed E-state index contributed by atoms with van der Waals surface area (Å²) in [7, 11) is 0. The molecule has 0 radical (unpaired) electrons. The number of ether oxygens (including phenoxy) is 1. The molecule has 5 rings (SSSR count). The number of anilines is 1. The minimum Gasteiger partial charge on any atom is -0.462 e. The lowest BCUT2D eigenvalue weighted by Crippen LogP contribution is -2.18. The SMILES string of the molecule is CCOC(=O)c1cnn(-c2cc(C)c3ccccc3n2)c1NC(=O)c1oc2ccccc2c1C. The van der Waals surface area contributed by atoms with E-state index in [9.17, 15) is 9.59 Å².